The van der Waals surface area contributed by atoms with E-state index in [2.05, 4.69) is 102 Å². The molecule has 0 radical (unpaired) electrons. The summed E-state index contributed by atoms with van der Waals surface area (Å²) in [5.41, 5.74) is 11.2. The van der Waals surface area contributed by atoms with E-state index in [0.29, 0.717) is 5.92 Å². The van der Waals surface area contributed by atoms with Crippen LogP contribution in [0.2, 0.25) is 0 Å². The lowest BCUT2D eigenvalue weighted by molar-refractivity contribution is 0.0759. The van der Waals surface area contributed by atoms with Gasteiger partial charge < -0.3 is 0 Å². The Balaban J connectivity index is 1.96. The standard InChI is InChI=1S/C28H32/c1-17-11-7-9-13-23(17)25-16-26(24-14-10-8-12-18(24)2)27(15-19(25)3)28-21(5)20(4)22(28)6/h7-16,20-22,28H,1-6H3. The van der Waals surface area contributed by atoms with Crippen LogP contribution in [0.25, 0.3) is 22.3 Å². The molecule has 0 heterocycles. The summed E-state index contributed by atoms with van der Waals surface area (Å²) in [6.07, 6.45) is 0. The number of hydrogen-bond acceptors (Lipinski definition) is 0. The van der Waals surface area contributed by atoms with Crippen molar-refractivity contribution in [2.24, 2.45) is 17.8 Å². The molecule has 0 heteroatoms. The second-order valence-electron chi connectivity index (χ2n) is 8.99. The first-order chi connectivity index (χ1) is 13.4. The summed E-state index contributed by atoms with van der Waals surface area (Å²) in [5, 5.41) is 0. The van der Waals surface area contributed by atoms with E-state index in [1.54, 1.807) is 5.56 Å². The van der Waals surface area contributed by atoms with Crippen LogP contribution in [-0.2, 0) is 0 Å². The van der Waals surface area contributed by atoms with Crippen molar-refractivity contribution >= 4 is 0 Å². The Kier molecular flexibility index (Phi) is 4.91. The van der Waals surface area contributed by atoms with E-state index in [-0.39, 0.29) is 0 Å². The Morgan fingerprint density at radius 2 is 1.00 bits per heavy atom. The average molecular weight is 369 g/mol. The zero-order valence-corrected chi connectivity index (χ0v) is 18.1. The summed E-state index contributed by atoms with van der Waals surface area (Å²) >= 11 is 0. The van der Waals surface area contributed by atoms with Crippen molar-refractivity contribution in [1.82, 2.24) is 0 Å². The molecule has 0 N–H and O–H groups in total. The Morgan fingerprint density at radius 1 is 0.500 bits per heavy atom. The highest BCUT2D eigenvalue weighted by molar-refractivity contribution is 5.81. The average Bonchev–Trinajstić information content (AvgIpc) is 2.69. The first kappa shape index (κ1) is 19.0. The number of benzene rings is 3. The number of hydrogen-bond donors (Lipinski definition) is 0. The fraction of sp³-hybridized carbons (Fsp3) is 0.357. The quantitative estimate of drug-likeness (QED) is 0.440. The summed E-state index contributed by atoms with van der Waals surface area (Å²) in [4.78, 5) is 0. The minimum Gasteiger partial charge on any atom is -0.0620 e. The first-order valence-corrected chi connectivity index (χ1v) is 10.7. The maximum atomic E-state index is 2.49. The normalized spacial score (nSPS) is 24.1. The molecule has 0 spiro atoms. The predicted molar refractivity (Wildman–Crippen MR) is 122 cm³/mol. The molecule has 0 bridgehead atoms. The molecule has 0 aliphatic heterocycles. The topological polar surface area (TPSA) is 0 Å². The largest absolute Gasteiger partial charge is 0.0620 e. The molecule has 3 aromatic carbocycles. The maximum Gasteiger partial charge on any atom is -0.00990 e. The second-order valence-corrected chi connectivity index (χ2v) is 8.99. The van der Waals surface area contributed by atoms with E-state index in [9.17, 15) is 0 Å². The third-order valence-electron chi connectivity index (χ3n) is 7.42. The van der Waals surface area contributed by atoms with Crippen LogP contribution < -0.4 is 0 Å². The van der Waals surface area contributed by atoms with Crippen LogP contribution in [0, 0.1) is 38.5 Å². The van der Waals surface area contributed by atoms with Crippen LogP contribution in [0.15, 0.2) is 60.7 Å². The minimum atomic E-state index is 0.647. The summed E-state index contributed by atoms with van der Waals surface area (Å²) < 4.78 is 0. The molecule has 1 saturated carbocycles. The van der Waals surface area contributed by atoms with Gasteiger partial charge in [0.05, 0.1) is 0 Å². The van der Waals surface area contributed by atoms with Crippen molar-refractivity contribution in [2.75, 3.05) is 0 Å². The Hall–Kier alpha value is -2.34. The molecule has 0 saturated heterocycles. The van der Waals surface area contributed by atoms with Gasteiger partial charge in [-0.1, -0.05) is 75.4 Å². The molecule has 28 heavy (non-hydrogen) atoms. The van der Waals surface area contributed by atoms with E-state index in [4.69, 9.17) is 0 Å². The molecule has 3 aromatic rings. The molecule has 144 valence electrons. The van der Waals surface area contributed by atoms with Gasteiger partial charge >= 0.3 is 0 Å². The van der Waals surface area contributed by atoms with Gasteiger partial charge in [-0.3, -0.25) is 0 Å². The lowest BCUT2D eigenvalue weighted by atomic mass is 9.56. The van der Waals surface area contributed by atoms with Gasteiger partial charge in [0.1, 0.15) is 0 Å². The third-order valence-corrected chi connectivity index (χ3v) is 7.42. The van der Waals surface area contributed by atoms with Gasteiger partial charge in [-0.25, -0.2) is 0 Å². The lowest BCUT2D eigenvalue weighted by Crippen LogP contribution is -2.40. The number of aryl methyl sites for hydroxylation is 3. The molecule has 1 aliphatic rings. The fourth-order valence-corrected chi connectivity index (χ4v) is 5.31. The van der Waals surface area contributed by atoms with Crippen LogP contribution in [-0.4, -0.2) is 0 Å². The van der Waals surface area contributed by atoms with Gasteiger partial charge in [0.25, 0.3) is 0 Å². The molecule has 2 unspecified atom stereocenters. The third kappa shape index (κ3) is 3.00. The predicted octanol–water partition coefficient (Wildman–Crippen LogP) is 7.95. The molecular formula is C28H32. The van der Waals surface area contributed by atoms with Gasteiger partial charge in [0.2, 0.25) is 0 Å². The van der Waals surface area contributed by atoms with Gasteiger partial charge in [0.15, 0.2) is 0 Å². The van der Waals surface area contributed by atoms with E-state index >= 15 is 0 Å². The molecule has 4 rings (SSSR count). The molecule has 1 aliphatic carbocycles. The van der Waals surface area contributed by atoms with Crippen LogP contribution >= 0.6 is 0 Å². The van der Waals surface area contributed by atoms with Crippen LogP contribution in [0.5, 0.6) is 0 Å². The molecule has 0 nitrogen and oxygen atoms in total. The lowest BCUT2D eigenvalue weighted by Gasteiger charge is -2.49. The Bertz CT molecular complexity index is 1000. The summed E-state index contributed by atoms with van der Waals surface area (Å²) in [7, 11) is 0. The minimum absolute atomic E-state index is 0.647. The van der Waals surface area contributed by atoms with Gasteiger partial charge in [-0.2, -0.15) is 0 Å². The molecular weight excluding hydrogens is 336 g/mol. The molecule has 0 aromatic heterocycles. The highest BCUT2D eigenvalue weighted by Gasteiger charge is 2.43. The maximum absolute atomic E-state index is 2.49. The Morgan fingerprint density at radius 3 is 1.54 bits per heavy atom. The van der Waals surface area contributed by atoms with Crippen LogP contribution in [0.3, 0.4) is 0 Å². The summed E-state index contributed by atoms with van der Waals surface area (Å²) in [6, 6.07) is 22.6. The Labute approximate surface area is 170 Å². The first-order valence-electron chi connectivity index (χ1n) is 10.7. The fourth-order valence-electron chi connectivity index (χ4n) is 5.31. The molecule has 2 atom stereocenters. The van der Waals surface area contributed by atoms with Crippen molar-refractivity contribution < 1.29 is 0 Å². The summed E-state index contributed by atoms with van der Waals surface area (Å²) in [6.45, 7) is 14.0. The van der Waals surface area contributed by atoms with Crippen molar-refractivity contribution in [3.8, 4) is 22.3 Å². The SMILES string of the molecule is Cc1ccccc1-c1cc(-c2ccccc2C)c(C2C(C)C(C)C2C)cc1C. The van der Waals surface area contributed by atoms with Crippen molar-refractivity contribution in [2.45, 2.75) is 47.5 Å². The zero-order chi connectivity index (χ0) is 20.0. The van der Waals surface area contributed by atoms with Crippen molar-refractivity contribution in [3.63, 3.8) is 0 Å². The number of rotatable bonds is 3. The molecule has 0 amide bonds. The van der Waals surface area contributed by atoms with Gasteiger partial charge in [-0.05, 0) is 95.0 Å². The van der Waals surface area contributed by atoms with Crippen LogP contribution in [0.4, 0.5) is 0 Å². The monoisotopic (exact) mass is 368 g/mol. The van der Waals surface area contributed by atoms with E-state index in [1.807, 2.05) is 0 Å². The highest BCUT2D eigenvalue weighted by atomic mass is 14.5. The van der Waals surface area contributed by atoms with Crippen LogP contribution in [0.1, 0.15) is 48.9 Å². The highest BCUT2D eigenvalue weighted by Crippen LogP contribution is 2.54. The van der Waals surface area contributed by atoms with Crippen molar-refractivity contribution in [1.29, 1.82) is 0 Å². The van der Waals surface area contributed by atoms with E-state index in [0.717, 1.165) is 17.8 Å². The van der Waals surface area contributed by atoms with Crippen molar-refractivity contribution in [3.05, 3.63) is 82.9 Å². The van der Waals surface area contributed by atoms with Gasteiger partial charge in [-0.15, -0.1) is 0 Å². The smallest absolute Gasteiger partial charge is 0.00990 e. The van der Waals surface area contributed by atoms with E-state index < -0.39 is 0 Å². The van der Waals surface area contributed by atoms with Gasteiger partial charge in [0, 0.05) is 0 Å². The second kappa shape index (κ2) is 7.24. The molecule has 1 fully saturated rings. The van der Waals surface area contributed by atoms with E-state index in [1.165, 1.54) is 38.9 Å². The summed E-state index contributed by atoms with van der Waals surface area (Å²) in [5.74, 6) is 2.92. The zero-order valence-electron chi connectivity index (χ0n) is 18.1.